The van der Waals surface area contributed by atoms with Gasteiger partial charge in [-0.1, -0.05) is 43.7 Å². The number of nitrogens with zero attached hydrogens (tertiary/aromatic N) is 1. The highest BCUT2D eigenvalue weighted by Gasteiger charge is 2.21. The van der Waals surface area contributed by atoms with Gasteiger partial charge in [-0.15, -0.1) is 0 Å². The molecule has 0 amide bonds. The SMILES string of the molecule is CCC(=C(c1ccc(OCC(CN2CCCCC2)OC(C)=O)cc1)c1ccc(OC(C)=O)cc1)c1ccc2c(c1)OCO2. The van der Waals surface area contributed by atoms with E-state index in [-0.39, 0.29) is 31.4 Å². The molecule has 0 aliphatic carbocycles. The monoisotopic (exact) mass is 585 g/mol. The van der Waals surface area contributed by atoms with Gasteiger partial charge >= 0.3 is 11.9 Å². The van der Waals surface area contributed by atoms with Crippen LogP contribution >= 0.6 is 0 Å². The molecule has 43 heavy (non-hydrogen) atoms. The van der Waals surface area contributed by atoms with E-state index in [0.717, 1.165) is 58.8 Å². The Hall–Kier alpha value is -4.30. The maximum Gasteiger partial charge on any atom is 0.308 e. The summed E-state index contributed by atoms with van der Waals surface area (Å²) in [5.74, 6) is 1.99. The van der Waals surface area contributed by atoms with Crippen LogP contribution in [0.2, 0.25) is 0 Å². The first-order valence-corrected chi connectivity index (χ1v) is 14.9. The van der Waals surface area contributed by atoms with E-state index < -0.39 is 0 Å². The fourth-order valence-electron chi connectivity index (χ4n) is 5.68. The highest BCUT2D eigenvalue weighted by molar-refractivity contribution is 5.99. The normalized spacial score (nSPS) is 15.8. The third kappa shape index (κ3) is 7.96. The molecule has 2 aliphatic rings. The molecule has 1 fully saturated rings. The number of carbonyl (C=O) groups is 2. The van der Waals surface area contributed by atoms with Crippen LogP contribution in [0.1, 0.15) is 63.1 Å². The highest BCUT2D eigenvalue weighted by atomic mass is 16.7. The van der Waals surface area contributed by atoms with E-state index in [2.05, 4.69) is 17.9 Å². The van der Waals surface area contributed by atoms with Gasteiger partial charge in [0.05, 0.1) is 0 Å². The lowest BCUT2D eigenvalue weighted by Crippen LogP contribution is -2.40. The molecule has 1 saturated heterocycles. The number of esters is 2. The second-order valence-electron chi connectivity index (χ2n) is 10.8. The van der Waals surface area contributed by atoms with Crippen LogP contribution in [0.4, 0.5) is 0 Å². The first-order chi connectivity index (χ1) is 20.9. The zero-order chi connectivity index (χ0) is 30.2. The molecule has 8 heteroatoms. The van der Waals surface area contributed by atoms with Gasteiger partial charge < -0.3 is 23.7 Å². The molecular weight excluding hydrogens is 546 g/mol. The number of rotatable bonds is 11. The lowest BCUT2D eigenvalue weighted by Gasteiger charge is -2.30. The molecular formula is C35H39NO7. The van der Waals surface area contributed by atoms with Gasteiger partial charge in [0.2, 0.25) is 6.79 Å². The minimum atomic E-state index is -0.361. The maximum atomic E-state index is 11.8. The van der Waals surface area contributed by atoms with Crippen molar-refractivity contribution in [3.8, 4) is 23.0 Å². The number of likely N-dealkylation sites (tertiary alicyclic amines) is 1. The molecule has 0 bridgehead atoms. The van der Waals surface area contributed by atoms with Gasteiger partial charge in [0.15, 0.2) is 11.5 Å². The van der Waals surface area contributed by atoms with E-state index in [4.69, 9.17) is 23.7 Å². The minimum absolute atomic E-state index is 0.215. The predicted octanol–water partition coefficient (Wildman–Crippen LogP) is 6.51. The van der Waals surface area contributed by atoms with Crippen molar-refractivity contribution >= 4 is 23.1 Å². The Morgan fingerprint density at radius 2 is 1.42 bits per heavy atom. The standard InChI is InChI=1S/C35H39NO7/c1-4-32(28-12-17-33-34(20-28)41-23-40-33)35(27-10-15-30(16-11-27)42-24(2)37)26-8-13-29(14-9-26)39-22-31(43-25(3)38)21-36-18-6-5-7-19-36/h8-17,20,31H,4-7,18-19,21-23H2,1-3H3. The zero-order valence-corrected chi connectivity index (χ0v) is 25.1. The van der Waals surface area contributed by atoms with E-state index in [9.17, 15) is 9.59 Å². The predicted molar refractivity (Wildman–Crippen MR) is 164 cm³/mol. The Bertz CT molecular complexity index is 1440. The largest absolute Gasteiger partial charge is 0.490 e. The first-order valence-electron chi connectivity index (χ1n) is 14.9. The van der Waals surface area contributed by atoms with E-state index in [1.54, 1.807) is 12.1 Å². The van der Waals surface area contributed by atoms with Crippen molar-refractivity contribution in [1.82, 2.24) is 4.90 Å². The van der Waals surface area contributed by atoms with Crippen LogP contribution in [0.15, 0.2) is 66.7 Å². The third-order valence-corrected chi connectivity index (χ3v) is 7.60. The van der Waals surface area contributed by atoms with Crippen molar-refractivity contribution < 1.29 is 33.3 Å². The highest BCUT2D eigenvalue weighted by Crippen LogP contribution is 2.40. The Morgan fingerprint density at radius 3 is 2.05 bits per heavy atom. The number of piperidine rings is 1. The summed E-state index contributed by atoms with van der Waals surface area (Å²) in [4.78, 5) is 25.6. The second kappa shape index (κ2) is 14.2. The van der Waals surface area contributed by atoms with Gasteiger partial charge in [0.25, 0.3) is 0 Å². The van der Waals surface area contributed by atoms with Crippen molar-refractivity contribution in [2.45, 2.75) is 52.6 Å². The van der Waals surface area contributed by atoms with Gasteiger partial charge in [-0.2, -0.15) is 0 Å². The molecule has 0 spiro atoms. The van der Waals surface area contributed by atoms with Gasteiger partial charge in [-0.25, -0.2) is 0 Å². The average molecular weight is 586 g/mol. The van der Waals surface area contributed by atoms with Crippen molar-refractivity contribution in [1.29, 1.82) is 0 Å². The molecule has 3 aromatic rings. The van der Waals surface area contributed by atoms with Gasteiger partial charge in [0, 0.05) is 20.4 Å². The van der Waals surface area contributed by atoms with E-state index in [1.807, 2.05) is 48.5 Å². The summed E-state index contributed by atoms with van der Waals surface area (Å²) in [5.41, 5.74) is 5.20. The smallest absolute Gasteiger partial charge is 0.308 e. The second-order valence-corrected chi connectivity index (χ2v) is 10.8. The Kier molecular flexibility index (Phi) is 10.00. The van der Waals surface area contributed by atoms with Gasteiger partial charge in [0.1, 0.15) is 24.2 Å². The van der Waals surface area contributed by atoms with Crippen LogP contribution in [0, 0.1) is 0 Å². The number of hydrogen-bond donors (Lipinski definition) is 0. The van der Waals surface area contributed by atoms with E-state index in [0.29, 0.717) is 18.0 Å². The number of benzene rings is 3. The fraction of sp³-hybridized carbons (Fsp3) is 0.371. The van der Waals surface area contributed by atoms with Gasteiger partial charge in [-0.05, 0) is 96.6 Å². The summed E-state index contributed by atoms with van der Waals surface area (Å²) in [5, 5.41) is 0. The Balaban J connectivity index is 1.42. The van der Waals surface area contributed by atoms with Crippen LogP contribution in [0.3, 0.4) is 0 Å². The molecule has 3 aromatic carbocycles. The lowest BCUT2D eigenvalue weighted by atomic mass is 9.88. The van der Waals surface area contributed by atoms with E-state index >= 15 is 0 Å². The number of carbonyl (C=O) groups excluding carboxylic acids is 2. The zero-order valence-electron chi connectivity index (χ0n) is 25.1. The maximum absolute atomic E-state index is 11.8. The molecule has 0 aromatic heterocycles. The first kappa shape index (κ1) is 30.2. The molecule has 5 rings (SSSR count). The van der Waals surface area contributed by atoms with Crippen molar-refractivity contribution in [3.63, 3.8) is 0 Å². The van der Waals surface area contributed by atoms with Crippen LogP contribution in [0.5, 0.6) is 23.0 Å². The summed E-state index contributed by atoms with van der Waals surface area (Å²) >= 11 is 0. The van der Waals surface area contributed by atoms with Crippen LogP contribution in [-0.4, -0.2) is 56.0 Å². The minimum Gasteiger partial charge on any atom is -0.490 e. The molecule has 1 unspecified atom stereocenters. The molecule has 1 atom stereocenters. The molecule has 0 saturated carbocycles. The summed E-state index contributed by atoms with van der Waals surface area (Å²) in [6, 6.07) is 21.5. The average Bonchev–Trinajstić information content (AvgIpc) is 3.48. The Labute approximate surface area is 253 Å². The quantitative estimate of drug-likeness (QED) is 0.143. The van der Waals surface area contributed by atoms with Gasteiger partial charge in [-0.3, -0.25) is 14.5 Å². The number of ether oxygens (including phenoxy) is 5. The lowest BCUT2D eigenvalue weighted by molar-refractivity contribution is -0.149. The summed E-state index contributed by atoms with van der Waals surface area (Å²) < 4.78 is 28.2. The van der Waals surface area contributed by atoms with Crippen LogP contribution < -0.4 is 18.9 Å². The van der Waals surface area contributed by atoms with Crippen molar-refractivity contribution in [2.75, 3.05) is 33.0 Å². The fourth-order valence-corrected chi connectivity index (χ4v) is 5.68. The third-order valence-electron chi connectivity index (χ3n) is 7.60. The van der Waals surface area contributed by atoms with E-state index in [1.165, 1.54) is 33.1 Å². The summed E-state index contributed by atoms with van der Waals surface area (Å²) in [6.45, 7) is 8.17. The summed E-state index contributed by atoms with van der Waals surface area (Å²) in [7, 11) is 0. The number of allylic oxidation sites excluding steroid dienone is 1. The topological polar surface area (TPSA) is 83.5 Å². The molecule has 2 heterocycles. The molecule has 0 radical (unpaired) electrons. The summed E-state index contributed by atoms with van der Waals surface area (Å²) in [6.07, 6.45) is 4.02. The van der Waals surface area contributed by atoms with Crippen molar-refractivity contribution in [2.24, 2.45) is 0 Å². The number of hydrogen-bond acceptors (Lipinski definition) is 8. The molecule has 8 nitrogen and oxygen atoms in total. The van der Waals surface area contributed by atoms with Crippen LogP contribution in [-0.2, 0) is 14.3 Å². The molecule has 0 N–H and O–H groups in total. The molecule has 226 valence electrons. The van der Waals surface area contributed by atoms with Crippen LogP contribution in [0.25, 0.3) is 11.1 Å². The number of fused-ring (bicyclic) bond motifs is 1. The van der Waals surface area contributed by atoms with Crippen molar-refractivity contribution in [3.05, 3.63) is 83.4 Å². The Morgan fingerprint density at radius 1 is 0.791 bits per heavy atom. The molecule has 2 aliphatic heterocycles.